The molecule has 0 atom stereocenters. The van der Waals surface area contributed by atoms with E-state index >= 15 is 0 Å². The number of hydrogen-bond acceptors (Lipinski definition) is 4. The van der Waals surface area contributed by atoms with E-state index in [-0.39, 0.29) is 30.0 Å². The first-order chi connectivity index (χ1) is 13.5. The largest absolute Gasteiger partial charge is 0.381 e. The smallest absolute Gasteiger partial charge is 0.255 e. The van der Waals surface area contributed by atoms with Crippen LogP contribution in [0, 0.1) is 11.2 Å². The van der Waals surface area contributed by atoms with Crippen LogP contribution in [0.2, 0.25) is 0 Å². The average molecular weight is 422 g/mol. The van der Waals surface area contributed by atoms with Gasteiger partial charge in [-0.05, 0) is 54.8 Å². The van der Waals surface area contributed by atoms with Crippen molar-refractivity contribution in [2.75, 3.05) is 25.1 Å². The lowest BCUT2D eigenvalue weighted by Gasteiger charge is -2.34. The fourth-order valence-electron chi connectivity index (χ4n) is 3.17. The number of ether oxygens (including phenoxy) is 1. The average Bonchev–Trinajstić information content (AvgIpc) is 2.74. The van der Waals surface area contributed by atoms with E-state index in [2.05, 4.69) is 10.6 Å². The molecule has 0 saturated carbocycles. The Bertz CT molecular complexity index is 822. The van der Waals surface area contributed by atoms with Crippen LogP contribution in [-0.4, -0.2) is 31.6 Å². The highest BCUT2D eigenvalue weighted by Crippen LogP contribution is 2.29. The number of nitrogens with one attached hydrogen (secondary N) is 2. The molecule has 0 spiro atoms. The molecule has 0 unspecified atom stereocenters. The van der Waals surface area contributed by atoms with Crippen molar-refractivity contribution in [3.63, 3.8) is 0 Å². The Hall–Kier alpha value is -2.48. The number of carbonyl (C=O) groups excluding carboxylic acids is 2. The minimum Gasteiger partial charge on any atom is -0.381 e. The van der Waals surface area contributed by atoms with E-state index in [1.54, 1.807) is 24.3 Å². The number of amides is 2. The van der Waals surface area contributed by atoms with Crippen molar-refractivity contribution in [1.29, 1.82) is 0 Å². The van der Waals surface area contributed by atoms with Crippen LogP contribution >= 0.6 is 12.4 Å². The molecule has 3 rings (SSSR count). The number of anilines is 1. The van der Waals surface area contributed by atoms with Gasteiger partial charge in [-0.25, -0.2) is 4.39 Å². The van der Waals surface area contributed by atoms with Crippen molar-refractivity contribution in [3.05, 3.63) is 65.5 Å². The van der Waals surface area contributed by atoms with Gasteiger partial charge in [-0.15, -0.1) is 12.4 Å². The molecule has 0 aromatic heterocycles. The third-order valence-electron chi connectivity index (χ3n) is 5.09. The van der Waals surface area contributed by atoms with Gasteiger partial charge in [-0.2, -0.15) is 0 Å². The Morgan fingerprint density at radius 1 is 1.03 bits per heavy atom. The first-order valence-corrected chi connectivity index (χ1v) is 9.24. The van der Waals surface area contributed by atoms with Crippen molar-refractivity contribution in [2.24, 2.45) is 11.1 Å². The lowest BCUT2D eigenvalue weighted by atomic mass is 9.79. The fraction of sp³-hybridized carbons (Fsp3) is 0.333. The third-order valence-corrected chi connectivity index (χ3v) is 5.09. The van der Waals surface area contributed by atoms with Crippen LogP contribution in [0.4, 0.5) is 10.1 Å². The second-order valence-corrected chi connectivity index (χ2v) is 6.94. The molecule has 1 heterocycles. The maximum absolute atomic E-state index is 12.9. The van der Waals surface area contributed by atoms with Gasteiger partial charge in [-0.1, -0.05) is 12.1 Å². The molecule has 1 saturated heterocycles. The minimum absolute atomic E-state index is 0. The van der Waals surface area contributed by atoms with Crippen molar-refractivity contribution in [2.45, 2.75) is 19.4 Å². The summed E-state index contributed by atoms with van der Waals surface area (Å²) in [6, 6.07) is 12.5. The van der Waals surface area contributed by atoms with Crippen LogP contribution < -0.4 is 16.4 Å². The van der Waals surface area contributed by atoms with Gasteiger partial charge in [0.2, 0.25) is 5.91 Å². The summed E-state index contributed by atoms with van der Waals surface area (Å²) >= 11 is 0. The van der Waals surface area contributed by atoms with Gasteiger partial charge in [0, 0.05) is 37.6 Å². The molecule has 0 bridgehead atoms. The number of carbonyl (C=O) groups is 2. The summed E-state index contributed by atoms with van der Waals surface area (Å²) < 4.78 is 18.3. The van der Waals surface area contributed by atoms with E-state index in [0.29, 0.717) is 50.4 Å². The van der Waals surface area contributed by atoms with Gasteiger partial charge in [0.1, 0.15) is 5.82 Å². The van der Waals surface area contributed by atoms with E-state index in [9.17, 15) is 14.0 Å². The van der Waals surface area contributed by atoms with Gasteiger partial charge in [0.25, 0.3) is 5.91 Å². The Morgan fingerprint density at radius 3 is 2.24 bits per heavy atom. The van der Waals surface area contributed by atoms with Crippen molar-refractivity contribution in [1.82, 2.24) is 5.32 Å². The summed E-state index contributed by atoms with van der Waals surface area (Å²) in [5, 5.41) is 5.65. The monoisotopic (exact) mass is 421 g/mol. The van der Waals surface area contributed by atoms with Crippen LogP contribution in [0.15, 0.2) is 48.5 Å². The SMILES string of the molecule is Cl.NCC1(C(=O)NCc2ccc(C(=O)Nc3ccc(F)cc3)cc2)CCOCC1. The zero-order chi connectivity index (χ0) is 20.0. The van der Waals surface area contributed by atoms with Gasteiger partial charge < -0.3 is 21.1 Å². The maximum Gasteiger partial charge on any atom is 0.255 e. The van der Waals surface area contributed by atoms with E-state index in [4.69, 9.17) is 10.5 Å². The van der Waals surface area contributed by atoms with Crippen LogP contribution in [0.3, 0.4) is 0 Å². The molecular weight excluding hydrogens is 397 g/mol. The summed E-state index contributed by atoms with van der Waals surface area (Å²) in [5.74, 6) is -0.704. The highest BCUT2D eigenvalue weighted by molar-refractivity contribution is 6.04. The highest BCUT2D eigenvalue weighted by atomic mass is 35.5. The second kappa shape index (κ2) is 10.3. The summed E-state index contributed by atoms with van der Waals surface area (Å²) in [6.07, 6.45) is 1.25. The topological polar surface area (TPSA) is 93.5 Å². The number of halogens is 2. The van der Waals surface area contributed by atoms with Crippen molar-refractivity contribution in [3.8, 4) is 0 Å². The second-order valence-electron chi connectivity index (χ2n) is 6.94. The predicted octanol–water partition coefficient (Wildman–Crippen LogP) is 2.87. The number of hydrogen-bond donors (Lipinski definition) is 3. The molecular formula is C21H25ClFN3O3. The standard InChI is InChI=1S/C21H24FN3O3.ClH/c22-17-5-7-18(8-6-17)25-19(26)16-3-1-15(2-4-16)13-24-20(27)21(14-23)9-11-28-12-10-21;/h1-8H,9-14,23H2,(H,24,27)(H,25,26);1H. The summed E-state index contributed by atoms with van der Waals surface area (Å²) in [6.45, 7) is 1.75. The van der Waals surface area contributed by atoms with Crippen LogP contribution in [0.1, 0.15) is 28.8 Å². The normalized spacial score (nSPS) is 15.1. The number of benzene rings is 2. The van der Waals surface area contributed by atoms with Gasteiger partial charge >= 0.3 is 0 Å². The molecule has 29 heavy (non-hydrogen) atoms. The molecule has 8 heteroatoms. The molecule has 156 valence electrons. The highest BCUT2D eigenvalue weighted by Gasteiger charge is 2.38. The van der Waals surface area contributed by atoms with Gasteiger partial charge in [0.15, 0.2) is 0 Å². The van der Waals surface area contributed by atoms with Crippen LogP contribution in [0.5, 0.6) is 0 Å². The minimum atomic E-state index is -0.562. The summed E-state index contributed by atoms with van der Waals surface area (Å²) in [4.78, 5) is 24.9. The molecule has 4 N–H and O–H groups in total. The molecule has 1 aliphatic heterocycles. The molecule has 1 fully saturated rings. The summed E-state index contributed by atoms with van der Waals surface area (Å²) in [7, 11) is 0. The molecule has 0 radical (unpaired) electrons. The first kappa shape index (κ1) is 22.8. The Morgan fingerprint density at radius 2 is 1.66 bits per heavy atom. The number of nitrogens with two attached hydrogens (primary N) is 1. The van der Waals surface area contributed by atoms with E-state index in [1.165, 1.54) is 24.3 Å². The maximum atomic E-state index is 12.9. The Kier molecular flexibility index (Phi) is 8.13. The Labute approximate surface area is 175 Å². The van der Waals surface area contributed by atoms with E-state index in [0.717, 1.165) is 5.56 Å². The van der Waals surface area contributed by atoms with Crippen LogP contribution in [0.25, 0.3) is 0 Å². The van der Waals surface area contributed by atoms with E-state index in [1.807, 2.05) is 0 Å². The molecule has 2 amide bonds. The van der Waals surface area contributed by atoms with E-state index < -0.39 is 5.41 Å². The molecule has 2 aromatic carbocycles. The zero-order valence-corrected chi connectivity index (χ0v) is 16.8. The Balaban J connectivity index is 0.00000300. The van der Waals surface area contributed by atoms with Gasteiger partial charge in [0.05, 0.1) is 5.41 Å². The third kappa shape index (κ3) is 5.76. The van der Waals surface area contributed by atoms with Crippen molar-refractivity contribution < 1.29 is 18.7 Å². The lowest BCUT2D eigenvalue weighted by molar-refractivity contribution is -0.136. The summed E-state index contributed by atoms with van der Waals surface area (Å²) in [5.41, 5.74) is 7.16. The molecule has 0 aliphatic carbocycles. The number of rotatable bonds is 6. The first-order valence-electron chi connectivity index (χ1n) is 9.24. The predicted molar refractivity (Wildman–Crippen MR) is 111 cm³/mol. The fourth-order valence-corrected chi connectivity index (χ4v) is 3.17. The lowest BCUT2D eigenvalue weighted by Crippen LogP contribution is -2.48. The molecule has 2 aromatic rings. The van der Waals surface area contributed by atoms with Gasteiger partial charge in [-0.3, -0.25) is 9.59 Å². The van der Waals surface area contributed by atoms with Crippen LogP contribution in [-0.2, 0) is 16.1 Å². The molecule has 1 aliphatic rings. The molecule has 6 nitrogen and oxygen atoms in total. The zero-order valence-electron chi connectivity index (χ0n) is 15.9. The van der Waals surface area contributed by atoms with Crippen molar-refractivity contribution >= 4 is 29.9 Å². The quantitative estimate of drug-likeness (QED) is 0.668.